The van der Waals surface area contributed by atoms with Crippen molar-refractivity contribution in [3.8, 4) is 39.6 Å². The molecule has 9 aromatic carbocycles. The lowest BCUT2D eigenvalue weighted by molar-refractivity contribution is 1.16. The second-order valence-corrected chi connectivity index (χ2v) is 17.8. The first-order valence-electron chi connectivity index (χ1n) is 23.7. The van der Waals surface area contributed by atoms with Crippen LogP contribution in [-0.2, 0) is 0 Å². The predicted octanol–water partition coefficient (Wildman–Crippen LogP) is 16.6. The van der Waals surface area contributed by atoms with Crippen molar-refractivity contribution in [1.82, 2.24) is 23.7 Å². The van der Waals surface area contributed by atoms with Gasteiger partial charge in [-0.3, -0.25) is 0 Å². The largest absolute Gasteiger partial charge is 0.310 e. The third-order valence-corrected chi connectivity index (χ3v) is 13.8. The number of pyridine rings is 2. The molecular weight excluding hydrogens is 853 g/mol. The Morgan fingerprint density at radius 2 is 0.643 bits per heavy atom. The third kappa shape index (κ3) is 6.35. The lowest BCUT2D eigenvalue weighted by Gasteiger charge is -2.26. The van der Waals surface area contributed by atoms with Crippen LogP contribution in [-0.4, -0.2) is 23.7 Å². The average molecular weight is 895 g/mol. The van der Waals surface area contributed by atoms with E-state index in [1.54, 1.807) is 0 Å². The lowest BCUT2D eigenvalue weighted by Crippen LogP contribution is -2.10. The highest BCUT2D eigenvalue weighted by Gasteiger charge is 2.21. The number of hydrogen-bond acceptors (Lipinski definition) is 3. The van der Waals surface area contributed by atoms with Gasteiger partial charge in [0.25, 0.3) is 0 Å². The van der Waals surface area contributed by atoms with Gasteiger partial charge >= 0.3 is 0 Å². The Morgan fingerprint density at radius 3 is 1.19 bits per heavy atom. The maximum Gasteiger partial charge on any atom is 0.0971 e. The fraction of sp³-hybridized carbons (Fsp3) is 0. The van der Waals surface area contributed by atoms with Gasteiger partial charge in [0.1, 0.15) is 0 Å². The third-order valence-electron chi connectivity index (χ3n) is 13.8. The molecule has 0 saturated carbocycles. The Labute approximate surface area is 403 Å². The number of hydrogen-bond donors (Lipinski definition) is 0. The first-order chi connectivity index (χ1) is 34.7. The molecule has 0 saturated heterocycles. The molecule has 0 radical (unpaired) electrons. The highest BCUT2D eigenvalue weighted by molar-refractivity contribution is 6.11. The lowest BCUT2D eigenvalue weighted by atomic mass is 10.0. The highest BCUT2D eigenvalue weighted by atomic mass is 15.1. The minimum absolute atomic E-state index is 0.835. The summed E-state index contributed by atoms with van der Waals surface area (Å²) in [7, 11) is 0. The van der Waals surface area contributed by atoms with Crippen LogP contribution in [0.3, 0.4) is 0 Å². The molecule has 14 aromatic rings. The summed E-state index contributed by atoms with van der Waals surface area (Å²) in [6.45, 7) is 0. The van der Waals surface area contributed by atoms with Crippen molar-refractivity contribution < 1.29 is 0 Å². The van der Waals surface area contributed by atoms with Crippen LogP contribution in [0.2, 0.25) is 0 Å². The Morgan fingerprint density at radius 1 is 0.257 bits per heavy atom. The van der Waals surface area contributed by atoms with Gasteiger partial charge in [-0.25, -0.2) is 9.97 Å². The van der Waals surface area contributed by atoms with E-state index in [9.17, 15) is 0 Å². The van der Waals surface area contributed by atoms with Crippen LogP contribution >= 0.6 is 0 Å². The molecule has 14 rings (SSSR count). The first-order valence-corrected chi connectivity index (χ1v) is 23.7. The molecule has 0 N–H and O–H groups in total. The summed E-state index contributed by atoms with van der Waals surface area (Å²) in [6.07, 6.45) is 0. The van der Waals surface area contributed by atoms with Crippen LogP contribution in [0.5, 0.6) is 0 Å². The molecule has 0 aliphatic carbocycles. The van der Waals surface area contributed by atoms with E-state index in [0.717, 1.165) is 94.9 Å². The molecule has 0 spiro atoms. The van der Waals surface area contributed by atoms with Gasteiger partial charge in [0.15, 0.2) is 0 Å². The molecule has 0 bridgehead atoms. The molecule has 0 aliphatic rings. The second kappa shape index (κ2) is 16.1. The van der Waals surface area contributed by atoms with Gasteiger partial charge in [-0.1, -0.05) is 140 Å². The number of rotatable bonds is 8. The molecule has 6 heteroatoms. The molecule has 0 amide bonds. The second-order valence-electron chi connectivity index (χ2n) is 17.8. The average Bonchev–Trinajstić information content (AvgIpc) is 4.07. The monoisotopic (exact) mass is 894 g/mol. The van der Waals surface area contributed by atoms with E-state index in [0.29, 0.717) is 0 Å². The number of benzene rings is 9. The minimum atomic E-state index is 0.835. The Bertz CT molecular complexity index is 4260. The summed E-state index contributed by atoms with van der Waals surface area (Å²) in [5.41, 5.74) is 19.1. The van der Waals surface area contributed by atoms with Gasteiger partial charge < -0.3 is 18.6 Å². The van der Waals surface area contributed by atoms with E-state index < -0.39 is 0 Å². The van der Waals surface area contributed by atoms with E-state index in [2.05, 4.69) is 273 Å². The van der Waals surface area contributed by atoms with Crippen molar-refractivity contribution in [2.75, 3.05) is 4.90 Å². The molecule has 5 heterocycles. The van der Waals surface area contributed by atoms with Crippen molar-refractivity contribution in [3.63, 3.8) is 0 Å². The number of para-hydroxylation sites is 5. The quantitative estimate of drug-likeness (QED) is 0.153. The number of aromatic nitrogens is 5. The maximum absolute atomic E-state index is 5.39. The molecule has 6 nitrogen and oxygen atoms in total. The van der Waals surface area contributed by atoms with E-state index in [-0.39, 0.29) is 0 Å². The first kappa shape index (κ1) is 39.6. The van der Waals surface area contributed by atoms with Gasteiger partial charge in [-0.2, -0.15) is 0 Å². The standard InChI is InChI=1S/C64H42N6/c1-4-16-43(17-5-1)44-28-30-47(31-29-44)67(50-36-37-52-51-22-10-13-25-57(51)70(62(52)42-50)46-20-8-3-9-21-46)48-32-34-49(35-33-48)69-59-27-15-12-24-54(59)64-61(69)41-39-56(66-64)55-38-40-60-63(65-55)53-23-11-14-26-58(53)68(60)45-18-6-2-7-19-45/h1-42H. The van der Waals surface area contributed by atoms with Gasteiger partial charge in [0.2, 0.25) is 0 Å². The molecule has 0 fully saturated rings. The summed E-state index contributed by atoms with van der Waals surface area (Å²) in [5.74, 6) is 0. The zero-order valence-corrected chi connectivity index (χ0v) is 37.9. The van der Waals surface area contributed by atoms with Crippen molar-refractivity contribution in [3.05, 3.63) is 255 Å². The predicted molar refractivity (Wildman–Crippen MR) is 291 cm³/mol. The van der Waals surface area contributed by atoms with Crippen LogP contribution in [0.15, 0.2) is 255 Å². The normalized spacial score (nSPS) is 11.7. The summed E-state index contributed by atoms with van der Waals surface area (Å²) < 4.78 is 7.01. The highest BCUT2D eigenvalue weighted by Crippen LogP contribution is 2.42. The summed E-state index contributed by atoms with van der Waals surface area (Å²) in [6, 6.07) is 90.9. The number of fused-ring (bicyclic) bond motifs is 9. The van der Waals surface area contributed by atoms with Crippen molar-refractivity contribution in [2.45, 2.75) is 0 Å². The van der Waals surface area contributed by atoms with Gasteiger partial charge in [-0.05, 0) is 126 Å². The fourth-order valence-electron chi connectivity index (χ4n) is 10.7. The smallest absolute Gasteiger partial charge is 0.0971 e. The van der Waals surface area contributed by atoms with Crippen molar-refractivity contribution in [1.29, 1.82) is 0 Å². The Kier molecular flexibility index (Phi) is 9.10. The maximum atomic E-state index is 5.39. The topological polar surface area (TPSA) is 43.8 Å². The van der Waals surface area contributed by atoms with E-state index in [4.69, 9.17) is 9.97 Å². The van der Waals surface area contributed by atoms with Crippen molar-refractivity contribution in [2.24, 2.45) is 0 Å². The van der Waals surface area contributed by atoms with Crippen LogP contribution < -0.4 is 4.90 Å². The van der Waals surface area contributed by atoms with Crippen LogP contribution in [0, 0.1) is 0 Å². The van der Waals surface area contributed by atoms with Crippen LogP contribution in [0.4, 0.5) is 17.1 Å². The van der Waals surface area contributed by atoms with E-state index in [1.165, 1.54) is 27.4 Å². The summed E-state index contributed by atoms with van der Waals surface area (Å²) >= 11 is 0. The Balaban J connectivity index is 0.887. The van der Waals surface area contributed by atoms with E-state index >= 15 is 0 Å². The SMILES string of the molecule is c1ccc(-c2ccc(N(c3ccc(-n4c5ccccc5c5nc(-c6ccc7c(n6)c6ccccc6n7-c6ccccc6)ccc54)cc3)c3ccc4c5ccccc5n(-c5ccccc5)c4c3)cc2)cc1. The molecule has 0 atom stereocenters. The zero-order valence-electron chi connectivity index (χ0n) is 37.9. The molecule has 0 aliphatic heterocycles. The van der Waals surface area contributed by atoms with E-state index in [1.807, 2.05) is 0 Å². The molecule has 5 aromatic heterocycles. The molecule has 328 valence electrons. The molecule has 70 heavy (non-hydrogen) atoms. The fourth-order valence-corrected chi connectivity index (χ4v) is 10.7. The number of anilines is 3. The zero-order chi connectivity index (χ0) is 46.1. The van der Waals surface area contributed by atoms with Crippen LogP contribution in [0.25, 0.3) is 105 Å². The van der Waals surface area contributed by atoms with Gasteiger partial charge in [-0.15, -0.1) is 0 Å². The van der Waals surface area contributed by atoms with Gasteiger partial charge in [0, 0.05) is 55.7 Å². The summed E-state index contributed by atoms with van der Waals surface area (Å²) in [5, 5.41) is 4.65. The molecular formula is C64H42N6. The number of nitrogens with zero attached hydrogens (tertiary/aromatic N) is 6. The summed E-state index contributed by atoms with van der Waals surface area (Å²) in [4.78, 5) is 13.1. The minimum Gasteiger partial charge on any atom is -0.310 e. The van der Waals surface area contributed by atoms with Crippen molar-refractivity contribution >= 4 is 82.7 Å². The Hall–Kier alpha value is -9.52. The molecule has 0 unspecified atom stereocenters. The van der Waals surface area contributed by atoms with Gasteiger partial charge in [0.05, 0.1) is 55.5 Å². The van der Waals surface area contributed by atoms with Crippen LogP contribution in [0.1, 0.15) is 0 Å².